The van der Waals surface area contributed by atoms with Crippen molar-refractivity contribution in [3.63, 3.8) is 0 Å². The Kier molecular flexibility index (Phi) is 5.88. The fourth-order valence-electron chi connectivity index (χ4n) is 4.22. The molecule has 4 heterocycles. The molecule has 0 fully saturated rings. The summed E-state index contributed by atoms with van der Waals surface area (Å²) in [5.41, 5.74) is 5.20. The van der Waals surface area contributed by atoms with E-state index in [4.69, 9.17) is 4.98 Å². The second-order valence-corrected chi connectivity index (χ2v) is 11.3. The largest absolute Gasteiger partial charge is 0.311 e. The molecule has 6 nitrogen and oxygen atoms in total. The SMILES string of the molecule is CCn1c(SCC(=O)N2CCc3cc(-c4csc(C)n4)ccc32)nc2sc(C)c(C)c2c1=O. The van der Waals surface area contributed by atoms with Gasteiger partial charge in [-0.2, -0.15) is 0 Å². The molecule has 0 saturated carbocycles. The molecule has 0 aliphatic carbocycles. The summed E-state index contributed by atoms with van der Waals surface area (Å²) < 4.78 is 1.68. The Morgan fingerprint density at radius 1 is 1.21 bits per heavy atom. The van der Waals surface area contributed by atoms with Crippen molar-refractivity contribution in [2.24, 2.45) is 0 Å². The lowest BCUT2D eigenvalue weighted by Crippen LogP contribution is -2.31. The van der Waals surface area contributed by atoms with E-state index in [9.17, 15) is 9.59 Å². The summed E-state index contributed by atoms with van der Waals surface area (Å²) in [5, 5.41) is 4.43. The summed E-state index contributed by atoms with van der Waals surface area (Å²) in [4.78, 5) is 39.2. The number of thiophene rings is 1. The first-order valence-corrected chi connectivity index (χ1v) is 13.5. The topological polar surface area (TPSA) is 68.1 Å². The molecule has 5 rings (SSSR count). The summed E-state index contributed by atoms with van der Waals surface area (Å²) in [5.74, 6) is 0.278. The zero-order valence-electron chi connectivity index (χ0n) is 19.0. The molecule has 0 radical (unpaired) electrons. The number of rotatable bonds is 5. The zero-order chi connectivity index (χ0) is 23.3. The highest BCUT2D eigenvalue weighted by molar-refractivity contribution is 7.99. The molecular weight excluding hydrogens is 472 g/mol. The standard InChI is InChI=1S/C24H24N4O2S3/c1-5-27-23(30)21-13(2)14(3)33-22(21)26-24(27)32-12-20(29)28-9-8-17-10-16(6-7-19(17)28)18-11-31-15(4)25-18/h6-7,10-11H,5,8-9,12H2,1-4H3. The van der Waals surface area contributed by atoms with E-state index in [2.05, 4.69) is 16.4 Å². The van der Waals surface area contributed by atoms with Crippen molar-refractivity contribution in [1.29, 1.82) is 0 Å². The molecule has 170 valence electrons. The highest BCUT2D eigenvalue weighted by Gasteiger charge is 2.26. The summed E-state index contributed by atoms with van der Waals surface area (Å²) in [7, 11) is 0. The number of benzene rings is 1. The van der Waals surface area contributed by atoms with Gasteiger partial charge < -0.3 is 4.90 Å². The minimum Gasteiger partial charge on any atom is -0.311 e. The summed E-state index contributed by atoms with van der Waals surface area (Å²) >= 11 is 4.53. The highest BCUT2D eigenvalue weighted by atomic mass is 32.2. The average Bonchev–Trinajstić information content (AvgIpc) is 3.49. The van der Waals surface area contributed by atoms with Gasteiger partial charge in [0.1, 0.15) is 4.83 Å². The van der Waals surface area contributed by atoms with Crippen molar-refractivity contribution in [1.82, 2.24) is 14.5 Å². The number of hydrogen-bond acceptors (Lipinski definition) is 7. The number of amides is 1. The van der Waals surface area contributed by atoms with E-state index in [0.29, 0.717) is 23.6 Å². The lowest BCUT2D eigenvalue weighted by atomic mass is 10.1. The number of aryl methyl sites for hydroxylation is 3. The van der Waals surface area contributed by atoms with Crippen molar-refractivity contribution in [2.45, 2.75) is 45.8 Å². The molecule has 0 spiro atoms. The number of thiazole rings is 1. The van der Waals surface area contributed by atoms with Crippen LogP contribution in [0.25, 0.3) is 21.5 Å². The smallest absolute Gasteiger partial charge is 0.263 e. The van der Waals surface area contributed by atoms with Gasteiger partial charge in [0.2, 0.25) is 5.91 Å². The molecule has 0 bridgehead atoms. The Balaban J connectivity index is 1.37. The number of carbonyl (C=O) groups is 1. The second kappa shape index (κ2) is 8.70. The molecule has 1 aliphatic rings. The zero-order valence-corrected chi connectivity index (χ0v) is 21.4. The number of fused-ring (bicyclic) bond motifs is 2. The number of carbonyl (C=O) groups excluding carboxylic acids is 1. The highest BCUT2D eigenvalue weighted by Crippen LogP contribution is 2.34. The van der Waals surface area contributed by atoms with Crippen LogP contribution in [-0.4, -0.2) is 32.7 Å². The molecule has 1 aromatic carbocycles. The first-order valence-electron chi connectivity index (χ1n) is 10.9. The van der Waals surface area contributed by atoms with Crippen LogP contribution < -0.4 is 10.5 Å². The summed E-state index contributed by atoms with van der Waals surface area (Å²) in [6.45, 7) is 9.13. The van der Waals surface area contributed by atoms with Crippen LogP contribution in [0.3, 0.4) is 0 Å². The number of thioether (sulfide) groups is 1. The van der Waals surface area contributed by atoms with E-state index in [1.54, 1.807) is 27.2 Å². The van der Waals surface area contributed by atoms with Gasteiger partial charge in [-0.3, -0.25) is 14.2 Å². The Hall–Kier alpha value is -2.49. The van der Waals surface area contributed by atoms with Crippen LogP contribution >= 0.6 is 34.4 Å². The van der Waals surface area contributed by atoms with Crippen molar-refractivity contribution < 1.29 is 4.79 Å². The molecule has 0 unspecified atom stereocenters. The third-order valence-electron chi connectivity index (χ3n) is 6.09. The van der Waals surface area contributed by atoms with Gasteiger partial charge in [0.05, 0.1) is 21.8 Å². The van der Waals surface area contributed by atoms with Gasteiger partial charge >= 0.3 is 0 Å². The second-order valence-electron chi connectivity index (χ2n) is 8.09. The lowest BCUT2D eigenvalue weighted by Gasteiger charge is -2.18. The molecule has 0 atom stereocenters. The van der Waals surface area contributed by atoms with Crippen LogP contribution in [0.4, 0.5) is 5.69 Å². The van der Waals surface area contributed by atoms with Crippen LogP contribution in [0.1, 0.15) is 27.9 Å². The number of hydrogen-bond donors (Lipinski definition) is 0. The molecule has 0 saturated heterocycles. The van der Waals surface area contributed by atoms with E-state index in [1.165, 1.54) is 17.3 Å². The minimum atomic E-state index is -0.0179. The molecule has 3 aromatic heterocycles. The Labute approximate surface area is 204 Å². The molecule has 33 heavy (non-hydrogen) atoms. The Morgan fingerprint density at radius 2 is 2.03 bits per heavy atom. The maximum atomic E-state index is 13.1. The number of nitrogens with zero attached hydrogens (tertiary/aromatic N) is 4. The number of aromatic nitrogens is 3. The van der Waals surface area contributed by atoms with Gasteiger partial charge in [0.15, 0.2) is 5.16 Å². The first-order chi connectivity index (χ1) is 15.9. The van der Waals surface area contributed by atoms with Crippen LogP contribution in [0.15, 0.2) is 33.5 Å². The monoisotopic (exact) mass is 496 g/mol. The van der Waals surface area contributed by atoms with Crippen molar-refractivity contribution in [3.8, 4) is 11.3 Å². The predicted octanol–water partition coefficient (Wildman–Crippen LogP) is 5.21. The van der Waals surface area contributed by atoms with Gasteiger partial charge in [-0.15, -0.1) is 22.7 Å². The van der Waals surface area contributed by atoms with Gasteiger partial charge in [0, 0.05) is 34.6 Å². The molecular formula is C24H24N4O2S3. The molecule has 1 aliphatic heterocycles. The third-order valence-corrected chi connectivity index (χ3v) is 8.92. The van der Waals surface area contributed by atoms with Crippen LogP contribution in [0.5, 0.6) is 0 Å². The first kappa shape index (κ1) is 22.3. The molecule has 4 aromatic rings. The Bertz CT molecular complexity index is 1450. The van der Waals surface area contributed by atoms with Gasteiger partial charge in [-0.05, 0) is 57.4 Å². The fraction of sp³-hybridized carbons (Fsp3) is 0.333. The maximum absolute atomic E-state index is 13.1. The molecule has 1 amide bonds. The van der Waals surface area contributed by atoms with Crippen LogP contribution in [0.2, 0.25) is 0 Å². The van der Waals surface area contributed by atoms with E-state index in [-0.39, 0.29) is 17.2 Å². The molecule has 0 N–H and O–H groups in total. The van der Waals surface area contributed by atoms with Gasteiger partial charge in [-0.1, -0.05) is 17.8 Å². The maximum Gasteiger partial charge on any atom is 0.263 e. The van der Waals surface area contributed by atoms with Crippen molar-refractivity contribution in [2.75, 3.05) is 17.2 Å². The predicted molar refractivity (Wildman–Crippen MR) is 138 cm³/mol. The van der Waals surface area contributed by atoms with Crippen LogP contribution in [0, 0.1) is 20.8 Å². The average molecular weight is 497 g/mol. The summed E-state index contributed by atoms with van der Waals surface area (Å²) in [6, 6.07) is 6.21. The van der Waals surface area contributed by atoms with E-state index in [1.807, 2.05) is 44.7 Å². The normalized spacial score (nSPS) is 13.2. The van der Waals surface area contributed by atoms with Crippen LogP contribution in [-0.2, 0) is 17.8 Å². The fourth-order valence-corrected chi connectivity index (χ4v) is 6.85. The van der Waals surface area contributed by atoms with Gasteiger partial charge in [-0.25, -0.2) is 9.97 Å². The third kappa shape index (κ3) is 3.92. The van der Waals surface area contributed by atoms with E-state index >= 15 is 0 Å². The number of anilines is 1. The minimum absolute atomic E-state index is 0.0179. The quantitative estimate of drug-likeness (QED) is 0.280. The van der Waals surface area contributed by atoms with E-state index in [0.717, 1.165) is 43.6 Å². The van der Waals surface area contributed by atoms with Crippen molar-refractivity contribution >= 4 is 56.2 Å². The molecule has 9 heteroatoms. The van der Waals surface area contributed by atoms with Gasteiger partial charge in [0.25, 0.3) is 5.56 Å². The summed E-state index contributed by atoms with van der Waals surface area (Å²) in [6.07, 6.45) is 0.834. The van der Waals surface area contributed by atoms with Crippen molar-refractivity contribution in [3.05, 3.63) is 54.9 Å². The Morgan fingerprint density at radius 3 is 2.76 bits per heavy atom. The van der Waals surface area contributed by atoms with E-state index < -0.39 is 0 Å². The lowest BCUT2D eigenvalue weighted by molar-refractivity contribution is -0.116.